The van der Waals surface area contributed by atoms with Crippen LogP contribution in [0.25, 0.3) is 0 Å². The molecular formula is C77H134N2O6P+. The van der Waals surface area contributed by atoms with Crippen molar-refractivity contribution in [3.8, 4) is 0 Å². The minimum absolute atomic E-state index is 0.0491. The molecule has 9 heteroatoms. The molecule has 0 aliphatic heterocycles. The maximum Gasteiger partial charge on any atom is 0.472 e. The average molecular weight is 1210 g/mol. The number of aliphatic hydroxyl groups excluding tert-OH is 1. The van der Waals surface area contributed by atoms with Gasteiger partial charge in [0.05, 0.1) is 39.9 Å². The molecule has 0 saturated carbocycles. The molecular weight excluding hydrogens is 1080 g/mol. The van der Waals surface area contributed by atoms with Crippen molar-refractivity contribution in [2.45, 2.75) is 296 Å². The fourth-order valence-corrected chi connectivity index (χ4v) is 10.4. The van der Waals surface area contributed by atoms with E-state index in [1.807, 2.05) is 27.2 Å². The van der Waals surface area contributed by atoms with Crippen LogP contribution < -0.4 is 5.32 Å². The van der Waals surface area contributed by atoms with E-state index in [0.717, 1.165) is 109 Å². The standard InChI is InChI=1S/C77H133N2O6P/c1-6-8-10-12-14-16-18-20-22-24-26-28-30-31-32-33-34-35-36-37-38-39-40-41-42-43-44-45-46-47-49-51-53-55-57-59-61-63-65-67-69-71-77(81)78-75(74-85-86(82,83)84-73-72-79(3,4)5)76(80)70-68-66-64-62-60-58-56-54-52-50-48-29-27-25-23-21-19-17-15-13-11-9-7-2/h8,10,14,16,20,22,26,28,31-32,34-35,37-38,40-41,43-44,46-47,60,62,68,70,75-76,80H,6-7,9,11-13,15,17-19,21,23-25,27,29-30,33,36,39,42,45,48-59,61,63-67,69,71-74H2,1-5H3,(H-,78,81,82,83)/p+1/b10-8-,16-14-,22-20-,28-26-,32-31-,35-34-,38-37-,41-40-,44-43-,47-46-,62-60+,70-68+. The summed E-state index contributed by atoms with van der Waals surface area (Å²) in [5.41, 5.74) is 0. The Kier molecular flexibility index (Phi) is 63.0. The monoisotopic (exact) mass is 1210 g/mol. The molecule has 0 bridgehead atoms. The molecule has 0 radical (unpaired) electrons. The molecule has 0 saturated heterocycles. The van der Waals surface area contributed by atoms with E-state index in [0.29, 0.717) is 17.4 Å². The normalized spacial score (nSPS) is 14.5. The van der Waals surface area contributed by atoms with Gasteiger partial charge in [0.25, 0.3) is 0 Å². The van der Waals surface area contributed by atoms with E-state index in [9.17, 15) is 19.4 Å². The highest BCUT2D eigenvalue weighted by molar-refractivity contribution is 7.47. The van der Waals surface area contributed by atoms with Gasteiger partial charge in [0.1, 0.15) is 13.2 Å². The summed E-state index contributed by atoms with van der Waals surface area (Å²) in [5.74, 6) is -0.195. The van der Waals surface area contributed by atoms with Crippen molar-refractivity contribution < 1.29 is 32.9 Å². The van der Waals surface area contributed by atoms with E-state index in [2.05, 4.69) is 153 Å². The maximum atomic E-state index is 13.0. The average Bonchev–Trinajstić information content (AvgIpc) is 3.70. The van der Waals surface area contributed by atoms with Crippen LogP contribution in [0.3, 0.4) is 0 Å². The SMILES string of the molecule is CC/C=C\C/C=C\C/C=C\C/C=C\C/C=C\C/C=C\C/C=C\C/C=C\C/C=C\C/C=C\CCCCCCCCCCCCC(=O)NC(COP(=O)(O)OCC[N+](C)(C)C)C(O)/C=C/CC/C=C/CCCCCCCCCCCCCCCCCCC. The maximum absolute atomic E-state index is 13.0. The number of phosphoric ester groups is 1. The Balaban J connectivity index is 4.14. The van der Waals surface area contributed by atoms with Crippen molar-refractivity contribution in [3.05, 3.63) is 146 Å². The molecule has 8 nitrogen and oxygen atoms in total. The van der Waals surface area contributed by atoms with Crippen LogP contribution >= 0.6 is 7.82 Å². The highest BCUT2D eigenvalue weighted by atomic mass is 31.2. The molecule has 0 aliphatic carbocycles. The van der Waals surface area contributed by atoms with E-state index in [4.69, 9.17) is 9.05 Å². The van der Waals surface area contributed by atoms with Crippen molar-refractivity contribution in [2.24, 2.45) is 0 Å². The van der Waals surface area contributed by atoms with Crippen molar-refractivity contribution in [1.29, 1.82) is 0 Å². The minimum atomic E-state index is -4.37. The van der Waals surface area contributed by atoms with Gasteiger partial charge in [-0.15, -0.1) is 0 Å². The first-order chi connectivity index (χ1) is 42.0. The number of hydrogen-bond acceptors (Lipinski definition) is 5. The number of nitrogens with one attached hydrogen (secondary N) is 1. The van der Waals surface area contributed by atoms with Gasteiger partial charge in [-0.05, 0) is 109 Å². The summed E-state index contributed by atoms with van der Waals surface area (Å²) >= 11 is 0. The van der Waals surface area contributed by atoms with Crippen LogP contribution in [0.2, 0.25) is 0 Å². The summed E-state index contributed by atoms with van der Waals surface area (Å²) in [6.07, 6.45) is 101. The van der Waals surface area contributed by atoms with Crippen LogP contribution in [-0.2, 0) is 18.4 Å². The summed E-state index contributed by atoms with van der Waals surface area (Å²) in [6.45, 7) is 4.69. The van der Waals surface area contributed by atoms with Gasteiger partial charge in [0.2, 0.25) is 5.91 Å². The van der Waals surface area contributed by atoms with Crippen LogP contribution in [-0.4, -0.2) is 73.4 Å². The largest absolute Gasteiger partial charge is 0.472 e. The number of amides is 1. The molecule has 0 heterocycles. The quantitative estimate of drug-likeness (QED) is 0.0243. The molecule has 0 aromatic carbocycles. The van der Waals surface area contributed by atoms with E-state index in [-0.39, 0.29) is 19.1 Å². The zero-order chi connectivity index (χ0) is 62.6. The first kappa shape index (κ1) is 82.4. The number of carbonyl (C=O) groups excluding carboxylic acids is 1. The van der Waals surface area contributed by atoms with Gasteiger partial charge in [-0.25, -0.2) is 4.57 Å². The third-order valence-corrected chi connectivity index (χ3v) is 16.0. The number of rotatable bonds is 63. The molecule has 86 heavy (non-hydrogen) atoms. The minimum Gasteiger partial charge on any atom is -0.387 e. The molecule has 0 fully saturated rings. The topological polar surface area (TPSA) is 105 Å². The van der Waals surface area contributed by atoms with Crippen LogP contribution in [0, 0.1) is 0 Å². The Morgan fingerprint density at radius 3 is 1.07 bits per heavy atom. The number of likely N-dealkylation sites (N-methyl/N-ethyl adjacent to an activating group) is 1. The third kappa shape index (κ3) is 67.9. The number of quaternary nitrogens is 1. The van der Waals surface area contributed by atoms with Crippen molar-refractivity contribution in [3.63, 3.8) is 0 Å². The van der Waals surface area contributed by atoms with Crippen LogP contribution in [0.15, 0.2) is 146 Å². The van der Waals surface area contributed by atoms with Gasteiger partial charge in [0.15, 0.2) is 0 Å². The Labute approximate surface area is 531 Å². The summed E-state index contributed by atoms with van der Waals surface area (Å²) in [5, 5.41) is 14.0. The number of unbranched alkanes of at least 4 members (excludes halogenated alkanes) is 28. The lowest BCUT2D eigenvalue weighted by Crippen LogP contribution is -2.45. The molecule has 0 rings (SSSR count). The van der Waals surface area contributed by atoms with Gasteiger partial charge in [-0.3, -0.25) is 13.8 Å². The summed E-state index contributed by atoms with van der Waals surface area (Å²) in [7, 11) is 1.54. The molecule has 3 atom stereocenters. The van der Waals surface area contributed by atoms with Gasteiger partial charge in [0, 0.05) is 6.42 Å². The third-order valence-electron chi connectivity index (χ3n) is 15.0. The summed E-state index contributed by atoms with van der Waals surface area (Å²) in [6, 6.07) is -0.877. The van der Waals surface area contributed by atoms with Crippen LogP contribution in [0.4, 0.5) is 0 Å². The van der Waals surface area contributed by atoms with Crippen molar-refractivity contribution >= 4 is 13.7 Å². The number of nitrogens with zero attached hydrogens (tertiary/aromatic N) is 1. The van der Waals surface area contributed by atoms with E-state index < -0.39 is 20.0 Å². The molecule has 0 aliphatic rings. The van der Waals surface area contributed by atoms with Crippen LogP contribution in [0.5, 0.6) is 0 Å². The van der Waals surface area contributed by atoms with Crippen molar-refractivity contribution in [1.82, 2.24) is 5.32 Å². The lowest BCUT2D eigenvalue weighted by atomic mass is 10.0. The fraction of sp³-hybridized carbons (Fsp3) is 0.675. The molecule has 3 unspecified atom stereocenters. The van der Waals surface area contributed by atoms with Gasteiger partial charge < -0.3 is 19.8 Å². The predicted octanol–water partition coefficient (Wildman–Crippen LogP) is 22.8. The second-order valence-corrected chi connectivity index (χ2v) is 26.0. The van der Waals surface area contributed by atoms with E-state index >= 15 is 0 Å². The first-order valence-electron chi connectivity index (χ1n) is 35.2. The molecule has 492 valence electrons. The number of aliphatic hydroxyl groups is 1. The molecule has 0 aromatic heterocycles. The first-order valence-corrected chi connectivity index (χ1v) is 36.7. The number of hydrogen-bond donors (Lipinski definition) is 3. The highest BCUT2D eigenvalue weighted by Crippen LogP contribution is 2.43. The fourth-order valence-electron chi connectivity index (χ4n) is 9.62. The lowest BCUT2D eigenvalue weighted by molar-refractivity contribution is -0.870. The number of phosphoric acid groups is 1. The Morgan fingerprint density at radius 1 is 0.407 bits per heavy atom. The molecule has 1 amide bonds. The van der Waals surface area contributed by atoms with Crippen molar-refractivity contribution in [2.75, 3.05) is 40.9 Å². The van der Waals surface area contributed by atoms with E-state index in [1.54, 1.807) is 6.08 Å². The Morgan fingerprint density at radius 2 is 0.709 bits per heavy atom. The summed E-state index contributed by atoms with van der Waals surface area (Å²) < 4.78 is 23.8. The number of allylic oxidation sites excluding steroid dienone is 23. The Bertz CT molecular complexity index is 1910. The molecule has 0 spiro atoms. The Hall–Kier alpha value is -3.62. The smallest absolute Gasteiger partial charge is 0.387 e. The zero-order valence-corrected chi connectivity index (χ0v) is 57.1. The molecule has 0 aromatic rings. The predicted molar refractivity (Wildman–Crippen MR) is 378 cm³/mol. The van der Waals surface area contributed by atoms with Crippen LogP contribution in [0.1, 0.15) is 284 Å². The number of carbonyl (C=O) groups is 1. The summed E-state index contributed by atoms with van der Waals surface area (Å²) in [4.78, 5) is 23.4. The molecule has 3 N–H and O–H groups in total. The second kappa shape index (κ2) is 65.8. The zero-order valence-electron chi connectivity index (χ0n) is 56.3. The highest BCUT2D eigenvalue weighted by Gasteiger charge is 2.28. The van der Waals surface area contributed by atoms with Gasteiger partial charge >= 0.3 is 7.82 Å². The van der Waals surface area contributed by atoms with E-state index in [1.165, 1.54) is 154 Å². The second-order valence-electron chi connectivity index (χ2n) is 24.5. The van der Waals surface area contributed by atoms with Gasteiger partial charge in [-0.1, -0.05) is 314 Å². The van der Waals surface area contributed by atoms with Gasteiger partial charge in [-0.2, -0.15) is 0 Å². The lowest BCUT2D eigenvalue weighted by Gasteiger charge is -2.25.